The molecule has 114 valence electrons. The maximum absolute atomic E-state index is 11.6. The van der Waals surface area contributed by atoms with E-state index in [0.29, 0.717) is 23.4 Å². The predicted molar refractivity (Wildman–Crippen MR) is 80.1 cm³/mol. The lowest BCUT2D eigenvalue weighted by atomic mass is 10.2. The second kappa shape index (κ2) is 5.40. The van der Waals surface area contributed by atoms with Crippen molar-refractivity contribution in [3.8, 4) is 0 Å². The van der Waals surface area contributed by atoms with Gasteiger partial charge in [-0.15, -0.1) is 0 Å². The van der Waals surface area contributed by atoms with Crippen LogP contribution in [0.4, 0.5) is 0 Å². The van der Waals surface area contributed by atoms with Crippen LogP contribution in [0.5, 0.6) is 0 Å². The van der Waals surface area contributed by atoms with Gasteiger partial charge in [0.25, 0.3) is 0 Å². The lowest BCUT2D eigenvalue weighted by molar-refractivity contribution is 0.0277. The third-order valence-corrected chi connectivity index (χ3v) is 4.90. The van der Waals surface area contributed by atoms with Crippen molar-refractivity contribution in [3.63, 3.8) is 0 Å². The summed E-state index contributed by atoms with van der Waals surface area (Å²) in [4.78, 5) is 4.87. The summed E-state index contributed by atoms with van der Waals surface area (Å²) in [5.74, 6) is 0.907. The Morgan fingerprint density at radius 2 is 2.29 bits per heavy atom. The number of aromatic nitrogens is 2. The first kappa shape index (κ1) is 14.5. The molecule has 0 radical (unpaired) electrons. The van der Waals surface area contributed by atoms with Crippen LogP contribution in [0.15, 0.2) is 23.1 Å². The Labute approximate surface area is 124 Å². The molecule has 1 aliphatic heterocycles. The quantitative estimate of drug-likeness (QED) is 0.894. The molecule has 1 fully saturated rings. The summed E-state index contributed by atoms with van der Waals surface area (Å²) in [5, 5.41) is 3.30. The average molecular weight is 309 g/mol. The molecule has 0 bridgehead atoms. The van der Waals surface area contributed by atoms with E-state index in [-0.39, 0.29) is 6.10 Å². The predicted octanol–water partition coefficient (Wildman–Crippen LogP) is 0.508. The molecule has 0 aliphatic carbocycles. The molecule has 7 heteroatoms. The van der Waals surface area contributed by atoms with E-state index in [4.69, 9.17) is 4.74 Å². The van der Waals surface area contributed by atoms with Crippen LogP contribution in [0.25, 0.3) is 11.0 Å². The highest BCUT2D eigenvalue weighted by Crippen LogP contribution is 2.20. The van der Waals surface area contributed by atoms with Gasteiger partial charge in [0.15, 0.2) is 9.84 Å². The number of imidazole rings is 1. The molecular formula is C14H19N3O3S. The summed E-state index contributed by atoms with van der Waals surface area (Å²) in [7, 11) is -1.26. The highest BCUT2D eigenvalue weighted by molar-refractivity contribution is 7.90. The number of morpholine rings is 1. The van der Waals surface area contributed by atoms with Gasteiger partial charge in [-0.3, -0.25) is 0 Å². The fourth-order valence-corrected chi connectivity index (χ4v) is 3.24. The monoisotopic (exact) mass is 309 g/mol. The normalized spacial score (nSPS) is 20.0. The summed E-state index contributed by atoms with van der Waals surface area (Å²) in [6, 6.07) is 5.07. The Bertz CT molecular complexity index is 761. The second-order valence-corrected chi connectivity index (χ2v) is 7.43. The van der Waals surface area contributed by atoms with Gasteiger partial charge in [-0.1, -0.05) is 0 Å². The molecule has 21 heavy (non-hydrogen) atoms. The van der Waals surface area contributed by atoms with Crippen LogP contribution in [0.2, 0.25) is 0 Å². The zero-order valence-electron chi connectivity index (χ0n) is 12.2. The fourth-order valence-electron chi connectivity index (χ4n) is 2.60. The number of fused-ring (bicyclic) bond motifs is 1. The van der Waals surface area contributed by atoms with Crippen molar-refractivity contribution < 1.29 is 13.2 Å². The molecule has 1 saturated heterocycles. The van der Waals surface area contributed by atoms with E-state index in [2.05, 4.69) is 10.3 Å². The lowest BCUT2D eigenvalue weighted by Crippen LogP contribution is -2.40. The van der Waals surface area contributed by atoms with Crippen molar-refractivity contribution in [3.05, 3.63) is 24.0 Å². The van der Waals surface area contributed by atoms with Crippen molar-refractivity contribution in [1.82, 2.24) is 14.9 Å². The van der Waals surface area contributed by atoms with Crippen LogP contribution in [-0.2, 0) is 28.0 Å². The Balaban J connectivity index is 1.95. The first-order valence-corrected chi connectivity index (χ1v) is 8.82. The van der Waals surface area contributed by atoms with Crippen LogP contribution in [-0.4, -0.2) is 50.0 Å². The molecule has 2 aromatic rings. The molecule has 1 N–H and O–H groups in total. The summed E-state index contributed by atoms with van der Waals surface area (Å²) < 4.78 is 30.9. The molecule has 1 unspecified atom stereocenters. The SMILES string of the molecule is Cn1c(CC2CNCCO2)nc2cc(S(C)(=O)=O)ccc21. The number of nitrogens with zero attached hydrogens (tertiary/aromatic N) is 2. The summed E-state index contributed by atoms with van der Waals surface area (Å²) >= 11 is 0. The number of hydrogen-bond acceptors (Lipinski definition) is 5. The van der Waals surface area contributed by atoms with Gasteiger partial charge in [0.2, 0.25) is 0 Å². The maximum atomic E-state index is 11.6. The number of hydrogen-bond donors (Lipinski definition) is 1. The largest absolute Gasteiger partial charge is 0.375 e. The Morgan fingerprint density at radius 1 is 1.48 bits per heavy atom. The highest BCUT2D eigenvalue weighted by atomic mass is 32.2. The minimum absolute atomic E-state index is 0.114. The molecule has 1 atom stereocenters. The van der Waals surface area contributed by atoms with Crippen molar-refractivity contribution in [2.75, 3.05) is 26.0 Å². The second-order valence-electron chi connectivity index (χ2n) is 5.41. The minimum Gasteiger partial charge on any atom is -0.375 e. The minimum atomic E-state index is -3.21. The van der Waals surface area contributed by atoms with Crippen molar-refractivity contribution in [2.24, 2.45) is 7.05 Å². The molecule has 0 amide bonds. The maximum Gasteiger partial charge on any atom is 0.175 e. The number of rotatable bonds is 3. The molecule has 1 aromatic heterocycles. The zero-order valence-corrected chi connectivity index (χ0v) is 13.0. The van der Waals surface area contributed by atoms with Crippen molar-refractivity contribution in [1.29, 1.82) is 0 Å². The molecule has 1 aromatic carbocycles. The van der Waals surface area contributed by atoms with Crippen LogP contribution >= 0.6 is 0 Å². The van der Waals surface area contributed by atoms with Gasteiger partial charge in [0, 0.05) is 32.8 Å². The molecule has 2 heterocycles. The molecule has 6 nitrogen and oxygen atoms in total. The standard InChI is InChI=1S/C14H19N3O3S/c1-17-13-4-3-11(21(2,18)19)8-12(13)16-14(17)7-10-9-15-5-6-20-10/h3-4,8,10,15H,5-7,9H2,1-2H3. The first-order chi connectivity index (χ1) is 9.95. The Morgan fingerprint density at radius 3 is 2.95 bits per heavy atom. The van der Waals surface area contributed by atoms with E-state index in [1.54, 1.807) is 12.1 Å². The van der Waals surface area contributed by atoms with E-state index >= 15 is 0 Å². The highest BCUT2D eigenvalue weighted by Gasteiger charge is 2.18. The van der Waals surface area contributed by atoms with Crippen LogP contribution in [0.3, 0.4) is 0 Å². The van der Waals surface area contributed by atoms with E-state index in [0.717, 1.165) is 24.4 Å². The number of aryl methyl sites for hydroxylation is 1. The first-order valence-electron chi connectivity index (χ1n) is 6.93. The molecule has 0 spiro atoms. The van der Waals surface area contributed by atoms with E-state index in [1.807, 2.05) is 17.7 Å². The van der Waals surface area contributed by atoms with E-state index in [1.165, 1.54) is 6.26 Å². The van der Waals surface area contributed by atoms with Gasteiger partial charge in [-0.05, 0) is 18.2 Å². The van der Waals surface area contributed by atoms with Crippen molar-refractivity contribution in [2.45, 2.75) is 17.4 Å². The van der Waals surface area contributed by atoms with E-state index in [9.17, 15) is 8.42 Å². The zero-order chi connectivity index (χ0) is 15.0. The number of ether oxygens (including phenoxy) is 1. The fraction of sp³-hybridized carbons (Fsp3) is 0.500. The summed E-state index contributed by atoms with van der Waals surface area (Å²) in [5.41, 5.74) is 1.64. The third kappa shape index (κ3) is 2.95. The summed E-state index contributed by atoms with van der Waals surface area (Å²) in [6.45, 7) is 2.42. The molecule has 1 aliphatic rings. The topological polar surface area (TPSA) is 73.2 Å². The summed E-state index contributed by atoms with van der Waals surface area (Å²) in [6.07, 6.45) is 2.04. The van der Waals surface area contributed by atoms with Crippen molar-refractivity contribution >= 4 is 20.9 Å². The Kier molecular flexibility index (Phi) is 3.73. The van der Waals surface area contributed by atoms with Gasteiger partial charge >= 0.3 is 0 Å². The van der Waals surface area contributed by atoms with Gasteiger partial charge in [-0.2, -0.15) is 0 Å². The molecule has 0 saturated carbocycles. The van der Waals surface area contributed by atoms with E-state index < -0.39 is 9.84 Å². The lowest BCUT2D eigenvalue weighted by Gasteiger charge is -2.23. The smallest absolute Gasteiger partial charge is 0.175 e. The number of nitrogens with one attached hydrogen (secondary N) is 1. The van der Waals surface area contributed by atoms with Gasteiger partial charge in [-0.25, -0.2) is 13.4 Å². The van der Waals surface area contributed by atoms with Crippen LogP contribution in [0.1, 0.15) is 5.82 Å². The Hall–Kier alpha value is -1.44. The van der Waals surface area contributed by atoms with Crippen LogP contribution < -0.4 is 5.32 Å². The van der Waals surface area contributed by atoms with Gasteiger partial charge in [0.1, 0.15) is 5.82 Å². The van der Waals surface area contributed by atoms with Gasteiger partial charge in [0.05, 0.1) is 28.6 Å². The molecule has 3 rings (SSSR count). The van der Waals surface area contributed by atoms with Crippen LogP contribution in [0, 0.1) is 0 Å². The number of sulfone groups is 1. The average Bonchev–Trinajstić information content (AvgIpc) is 2.75. The van der Waals surface area contributed by atoms with Gasteiger partial charge < -0.3 is 14.6 Å². The third-order valence-electron chi connectivity index (χ3n) is 3.79. The molecular weight excluding hydrogens is 290 g/mol. The number of benzene rings is 1.